The van der Waals surface area contributed by atoms with Crippen molar-refractivity contribution < 1.29 is 19.8 Å². The summed E-state index contributed by atoms with van der Waals surface area (Å²) < 4.78 is 0. The Kier molecular flexibility index (Phi) is 4.67. The molecule has 0 saturated carbocycles. The van der Waals surface area contributed by atoms with E-state index in [0.717, 1.165) is 5.56 Å². The molecular formula is C12H16N2O4. The van der Waals surface area contributed by atoms with E-state index in [9.17, 15) is 9.59 Å². The van der Waals surface area contributed by atoms with Crippen LogP contribution in [-0.2, 0) is 4.79 Å². The average molecular weight is 252 g/mol. The van der Waals surface area contributed by atoms with Gasteiger partial charge in [0.1, 0.15) is 0 Å². The van der Waals surface area contributed by atoms with Gasteiger partial charge in [0.25, 0.3) is 5.91 Å². The Morgan fingerprint density at radius 2 is 2.11 bits per heavy atom. The van der Waals surface area contributed by atoms with Gasteiger partial charge in [-0.2, -0.15) is 0 Å². The lowest BCUT2D eigenvalue weighted by Gasteiger charge is -2.09. The van der Waals surface area contributed by atoms with Crippen LogP contribution < -0.4 is 11.1 Å². The van der Waals surface area contributed by atoms with Gasteiger partial charge in [-0.25, -0.2) is 4.79 Å². The molecule has 0 aliphatic carbocycles. The highest BCUT2D eigenvalue weighted by Crippen LogP contribution is 2.13. The van der Waals surface area contributed by atoms with Crippen molar-refractivity contribution in [2.45, 2.75) is 19.4 Å². The van der Waals surface area contributed by atoms with Crippen molar-refractivity contribution in [2.75, 3.05) is 12.3 Å². The van der Waals surface area contributed by atoms with Gasteiger partial charge in [0, 0.05) is 18.7 Å². The first-order valence-electron chi connectivity index (χ1n) is 5.47. The number of aliphatic carboxylic acids is 1. The van der Waals surface area contributed by atoms with E-state index in [1.165, 1.54) is 0 Å². The molecule has 0 aliphatic rings. The second kappa shape index (κ2) is 6.02. The number of aliphatic hydroxyl groups excluding tert-OH is 1. The maximum Gasteiger partial charge on any atom is 0.332 e. The molecule has 98 valence electrons. The number of carbonyl (C=O) groups excluding carboxylic acids is 1. The third-order valence-corrected chi connectivity index (χ3v) is 2.44. The number of amides is 1. The molecule has 1 aromatic carbocycles. The Balaban J connectivity index is 2.55. The molecule has 18 heavy (non-hydrogen) atoms. The molecule has 0 fully saturated rings. The van der Waals surface area contributed by atoms with E-state index in [-0.39, 0.29) is 18.9 Å². The number of hydrogen-bond acceptors (Lipinski definition) is 4. The normalized spacial score (nSPS) is 11.9. The highest BCUT2D eigenvalue weighted by Gasteiger charge is 2.14. The number of nitrogens with one attached hydrogen (secondary N) is 1. The van der Waals surface area contributed by atoms with Crippen molar-refractivity contribution in [1.29, 1.82) is 0 Å². The zero-order valence-electron chi connectivity index (χ0n) is 10.0. The predicted molar refractivity (Wildman–Crippen MR) is 66.2 cm³/mol. The molecule has 1 atom stereocenters. The largest absolute Gasteiger partial charge is 0.479 e. The van der Waals surface area contributed by atoms with E-state index in [0.29, 0.717) is 11.3 Å². The molecule has 0 bridgehead atoms. The minimum absolute atomic E-state index is 0.0488. The summed E-state index contributed by atoms with van der Waals surface area (Å²) in [6, 6.07) is 5.08. The van der Waals surface area contributed by atoms with E-state index < -0.39 is 12.1 Å². The quantitative estimate of drug-likeness (QED) is 0.557. The number of carboxylic acids is 1. The highest BCUT2D eigenvalue weighted by atomic mass is 16.4. The first-order valence-corrected chi connectivity index (χ1v) is 5.47. The van der Waals surface area contributed by atoms with Crippen LogP contribution in [0.4, 0.5) is 5.69 Å². The van der Waals surface area contributed by atoms with Crippen LogP contribution in [0.3, 0.4) is 0 Å². The molecule has 6 heteroatoms. The zero-order valence-corrected chi connectivity index (χ0v) is 10.0. The number of anilines is 1. The highest BCUT2D eigenvalue weighted by molar-refractivity contribution is 5.99. The van der Waals surface area contributed by atoms with E-state index in [2.05, 4.69) is 5.32 Å². The molecule has 0 heterocycles. The van der Waals surface area contributed by atoms with Crippen molar-refractivity contribution in [2.24, 2.45) is 0 Å². The summed E-state index contributed by atoms with van der Waals surface area (Å²) in [5.74, 6) is -1.69. The fourth-order valence-electron chi connectivity index (χ4n) is 1.41. The number of aryl methyl sites for hydroxylation is 1. The number of aliphatic hydroxyl groups is 1. The number of hydrogen-bond donors (Lipinski definition) is 4. The SMILES string of the molecule is Cc1ccc(N)c(C(=O)NCCC(O)C(=O)O)c1. The number of benzene rings is 1. The molecule has 1 rings (SSSR count). The molecule has 1 aromatic rings. The molecule has 6 nitrogen and oxygen atoms in total. The molecule has 0 aromatic heterocycles. The molecule has 5 N–H and O–H groups in total. The molecule has 0 spiro atoms. The number of carbonyl (C=O) groups is 2. The van der Waals surface area contributed by atoms with E-state index in [1.54, 1.807) is 18.2 Å². The van der Waals surface area contributed by atoms with E-state index in [4.69, 9.17) is 15.9 Å². The van der Waals surface area contributed by atoms with Gasteiger partial charge in [0.05, 0.1) is 5.56 Å². The Morgan fingerprint density at radius 3 is 2.72 bits per heavy atom. The van der Waals surface area contributed by atoms with Crippen molar-refractivity contribution in [3.8, 4) is 0 Å². The van der Waals surface area contributed by atoms with Gasteiger partial charge in [-0.1, -0.05) is 11.6 Å². The number of nitrogen functional groups attached to an aromatic ring is 1. The summed E-state index contributed by atoms with van der Waals surface area (Å²) in [6.07, 6.45) is -1.52. The summed E-state index contributed by atoms with van der Waals surface area (Å²) in [7, 11) is 0. The molecule has 1 unspecified atom stereocenters. The van der Waals surface area contributed by atoms with Gasteiger partial charge in [0.2, 0.25) is 0 Å². The van der Waals surface area contributed by atoms with Gasteiger partial charge in [-0.15, -0.1) is 0 Å². The number of carboxylic acid groups (broad SMARTS) is 1. The van der Waals surface area contributed by atoms with Crippen molar-refractivity contribution in [3.63, 3.8) is 0 Å². The third-order valence-electron chi connectivity index (χ3n) is 2.44. The lowest BCUT2D eigenvalue weighted by atomic mass is 10.1. The van der Waals surface area contributed by atoms with Crippen LogP contribution in [-0.4, -0.2) is 34.7 Å². The lowest BCUT2D eigenvalue weighted by Crippen LogP contribution is -2.30. The van der Waals surface area contributed by atoms with Crippen LogP contribution in [0.15, 0.2) is 18.2 Å². The second-order valence-electron chi connectivity index (χ2n) is 3.99. The Bertz CT molecular complexity index is 459. The van der Waals surface area contributed by atoms with Crippen molar-refractivity contribution in [3.05, 3.63) is 29.3 Å². The first-order chi connectivity index (χ1) is 8.41. The second-order valence-corrected chi connectivity index (χ2v) is 3.99. The van der Waals surface area contributed by atoms with Gasteiger partial charge in [-0.3, -0.25) is 4.79 Å². The minimum atomic E-state index is -1.47. The Labute approximate surface area is 104 Å². The van der Waals surface area contributed by atoms with Crippen LogP contribution in [0.25, 0.3) is 0 Å². The molecular weight excluding hydrogens is 236 g/mol. The fourth-order valence-corrected chi connectivity index (χ4v) is 1.41. The topological polar surface area (TPSA) is 113 Å². The molecule has 1 amide bonds. The standard InChI is InChI=1S/C12H16N2O4/c1-7-2-3-9(13)8(6-7)11(16)14-5-4-10(15)12(17)18/h2-3,6,10,15H,4-5,13H2,1H3,(H,14,16)(H,17,18). The van der Waals surface area contributed by atoms with Crippen molar-refractivity contribution >= 4 is 17.6 Å². The van der Waals surface area contributed by atoms with Crippen LogP contribution in [0.2, 0.25) is 0 Å². The van der Waals surface area contributed by atoms with Gasteiger partial charge in [0.15, 0.2) is 6.10 Å². The maximum absolute atomic E-state index is 11.7. The van der Waals surface area contributed by atoms with Gasteiger partial charge in [-0.05, 0) is 19.1 Å². The van der Waals surface area contributed by atoms with Crippen molar-refractivity contribution in [1.82, 2.24) is 5.32 Å². The summed E-state index contributed by atoms with van der Waals surface area (Å²) >= 11 is 0. The molecule has 0 aliphatic heterocycles. The minimum Gasteiger partial charge on any atom is -0.479 e. The Hall–Kier alpha value is -2.08. The molecule has 0 radical (unpaired) electrons. The van der Waals surface area contributed by atoms with Crippen LogP contribution in [0, 0.1) is 6.92 Å². The fraction of sp³-hybridized carbons (Fsp3) is 0.333. The number of nitrogens with two attached hydrogens (primary N) is 1. The summed E-state index contributed by atoms with van der Waals surface area (Å²) in [4.78, 5) is 22.1. The predicted octanol–water partition coefficient (Wildman–Crippen LogP) is 0.143. The van der Waals surface area contributed by atoms with E-state index in [1.807, 2.05) is 6.92 Å². The van der Waals surface area contributed by atoms with Gasteiger partial charge < -0.3 is 21.3 Å². The lowest BCUT2D eigenvalue weighted by molar-refractivity contribution is -0.146. The number of rotatable bonds is 5. The maximum atomic E-state index is 11.7. The smallest absolute Gasteiger partial charge is 0.332 e. The summed E-state index contributed by atoms with van der Waals surface area (Å²) in [6.45, 7) is 1.91. The van der Waals surface area contributed by atoms with Crippen LogP contribution >= 0.6 is 0 Å². The Morgan fingerprint density at radius 1 is 1.44 bits per heavy atom. The van der Waals surface area contributed by atoms with Gasteiger partial charge >= 0.3 is 5.97 Å². The monoisotopic (exact) mass is 252 g/mol. The van der Waals surface area contributed by atoms with E-state index >= 15 is 0 Å². The summed E-state index contributed by atoms with van der Waals surface area (Å²) in [5, 5.41) is 20.0. The van der Waals surface area contributed by atoms with Crippen LogP contribution in [0.1, 0.15) is 22.3 Å². The third kappa shape index (κ3) is 3.74. The van der Waals surface area contributed by atoms with Crippen LogP contribution in [0.5, 0.6) is 0 Å². The first kappa shape index (κ1) is 14.0. The summed E-state index contributed by atoms with van der Waals surface area (Å²) in [5.41, 5.74) is 7.27. The average Bonchev–Trinajstić information content (AvgIpc) is 2.31. The molecule has 0 saturated heterocycles. The zero-order chi connectivity index (χ0) is 13.7.